The van der Waals surface area contributed by atoms with E-state index in [2.05, 4.69) is 5.32 Å². The maximum atomic E-state index is 12.2. The zero-order valence-electron chi connectivity index (χ0n) is 12.9. The second-order valence-corrected chi connectivity index (χ2v) is 4.83. The van der Waals surface area contributed by atoms with Gasteiger partial charge in [-0.1, -0.05) is 0 Å². The highest BCUT2D eigenvalue weighted by molar-refractivity contribution is 5.89. The highest BCUT2D eigenvalue weighted by Gasteiger charge is 2.24. The molecule has 1 aliphatic heterocycles. The normalized spacial score (nSPS) is 14.5. The first-order valence-electron chi connectivity index (χ1n) is 7.25. The zero-order chi connectivity index (χ0) is 15.9. The van der Waals surface area contributed by atoms with Crippen LogP contribution >= 0.6 is 0 Å². The van der Waals surface area contributed by atoms with E-state index in [-0.39, 0.29) is 12.1 Å². The third kappa shape index (κ3) is 4.03. The molecule has 22 heavy (non-hydrogen) atoms. The first kappa shape index (κ1) is 15.9. The molecule has 1 saturated heterocycles. The summed E-state index contributed by atoms with van der Waals surface area (Å²) in [4.78, 5) is 27.1. The maximum Gasteiger partial charge on any atom is 0.409 e. The minimum absolute atomic E-state index is 0.173. The van der Waals surface area contributed by atoms with E-state index in [0.717, 1.165) is 5.75 Å². The number of carbonyl (C=O) groups excluding carboxylic acids is 2. The van der Waals surface area contributed by atoms with Crippen LogP contribution in [0.25, 0.3) is 0 Å². The first-order chi connectivity index (χ1) is 10.6. The van der Waals surface area contributed by atoms with Gasteiger partial charge < -0.3 is 24.6 Å². The van der Waals surface area contributed by atoms with Crippen molar-refractivity contribution in [1.82, 2.24) is 9.80 Å². The van der Waals surface area contributed by atoms with Crippen molar-refractivity contribution in [2.75, 3.05) is 45.2 Å². The summed E-state index contributed by atoms with van der Waals surface area (Å²) in [5.74, 6) is 0.737. The number of benzene rings is 1. The van der Waals surface area contributed by atoms with Crippen LogP contribution < -0.4 is 10.1 Å². The molecule has 0 bridgehead atoms. The van der Waals surface area contributed by atoms with E-state index in [0.29, 0.717) is 38.5 Å². The lowest BCUT2D eigenvalue weighted by Gasteiger charge is -2.34. The number of carbonyl (C=O) groups is 2. The number of methoxy groups -OCH3 is 1. The number of rotatable bonds is 3. The summed E-state index contributed by atoms with van der Waals surface area (Å²) in [5.41, 5.74) is 0.707. The Labute approximate surface area is 129 Å². The average Bonchev–Trinajstić information content (AvgIpc) is 2.56. The highest BCUT2D eigenvalue weighted by Crippen LogP contribution is 2.16. The summed E-state index contributed by atoms with van der Waals surface area (Å²) in [5, 5.41) is 2.83. The van der Waals surface area contributed by atoms with Gasteiger partial charge in [0.25, 0.3) is 0 Å². The summed E-state index contributed by atoms with van der Waals surface area (Å²) in [6.07, 6.45) is -0.322. The molecule has 120 valence electrons. The topological polar surface area (TPSA) is 71.1 Å². The number of amides is 3. The predicted octanol–water partition coefficient (Wildman–Crippen LogP) is 2.00. The summed E-state index contributed by atoms with van der Waals surface area (Å²) >= 11 is 0. The molecule has 7 nitrogen and oxygen atoms in total. The molecule has 0 radical (unpaired) electrons. The average molecular weight is 307 g/mol. The summed E-state index contributed by atoms with van der Waals surface area (Å²) in [7, 11) is 1.59. The van der Waals surface area contributed by atoms with Gasteiger partial charge in [0.1, 0.15) is 5.75 Å². The van der Waals surface area contributed by atoms with Crippen molar-refractivity contribution in [2.45, 2.75) is 6.92 Å². The Morgan fingerprint density at radius 3 is 2.23 bits per heavy atom. The maximum absolute atomic E-state index is 12.2. The third-order valence-electron chi connectivity index (χ3n) is 3.43. The molecule has 1 N–H and O–H groups in total. The lowest BCUT2D eigenvalue weighted by molar-refractivity contribution is 0.0868. The van der Waals surface area contributed by atoms with Gasteiger partial charge in [-0.2, -0.15) is 0 Å². The van der Waals surface area contributed by atoms with Gasteiger partial charge in [-0.05, 0) is 31.2 Å². The molecule has 0 spiro atoms. The van der Waals surface area contributed by atoms with Gasteiger partial charge >= 0.3 is 12.1 Å². The fraction of sp³-hybridized carbons (Fsp3) is 0.467. The summed E-state index contributed by atoms with van der Waals surface area (Å²) in [6.45, 7) is 4.07. The fourth-order valence-electron chi connectivity index (χ4n) is 2.18. The fourth-order valence-corrected chi connectivity index (χ4v) is 2.18. The van der Waals surface area contributed by atoms with Crippen LogP contribution in [0.2, 0.25) is 0 Å². The van der Waals surface area contributed by atoms with Crippen molar-refractivity contribution in [2.24, 2.45) is 0 Å². The number of ether oxygens (including phenoxy) is 2. The largest absolute Gasteiger partial charge is 0.497 e. The van der Waals surface area contributed by atoms with Gasteiger partial charge in [0.2, 0.25) is 0 Å². The minimum Gasteiger partial charge on any atom is -0.497 e. The Hall–Kier alpha value is -2.44. The first-order valence-corrected chi connectivity index (χ1v) is 7.25. The highest BCUT2D eigenvalue weighted by atomic mass is 16.6. The Morgan fingerprint density at radius 1 is 1.09 bits per heavy atom. The number of piperazine rings is 1. The summed E-state index contributed by atoms with van der Waals surface area (Å²) < 4.78 is 10.0. The van der Waals surface area contributed by atoms with Gasteiger partial charge in [-0.3, -0.25) is 0 Å². The molecule has 1 aliphatic rings. The molecule has 3 amide bonds. The van der Waals surface area contributed by atoms with Gasteiger partial charge in [-0.25, -0.2) is 9.59 Å². The van der Waals surface area contributed by atoms with Crippen molar-refractivity contribution in [3.63, 3.8) is 0 Å². The number of hydrogen-bond acceptors (Lipinski definition) is 4. The Morgan fingerprint density at radius 2 is 1.68 bits per heavy atom. The number of urea groups is 1. The van der Waals surface area contributed by atoms with Crippen molar-refractivity contribution in [1.29, 1.82) is 0 Å². The van der Waals surface area contributed by atoms with Gasteiger partial charge in [0.05, 0.1) is 13.7 Å². The molecule has 7 heteroatoms. The molecular weight excluding hydrogens is 286 g/mol. The Balaban J connectivity index is 1.83. The van der Waals surface area contributed by atoms with Crippen LogP contribution in [0, 0.1) is 0 Å². The van der Waals surface area contributed by atoms with Crippen LogP contribution in [0.1, 0.15) is 6.92 Å². The monoisotopic (exact) mass is 307 g/mol. The molecule has 0 unspecified atom stereocenters. The second-order valence-electron chi connectivity index (χ2n) is 4.83. The smallest absolute Gasteiger partial charge is 0.409 e. The van der Waals surface area contributed by atoms with Crippen LogP contribution in [-0.4, -0.2) is 61.8 Å². The van der Waals surface area contributed by atoms with Crippen LogP contribution in [0.15, 0.2) is 24.3 Å². The molecule has 0 aliphatic carbocycles. The SMILES string of the molecule is CCOC(=O)N1CCN(C(=O)Nc2ccc(OC)cc2)CC1. The van der Waals surface area contributed by atoms with Gasteiger partial charge in [0, 0.05) is 31.9 Å². The molecule has 0 saturated carbocycles. The van der Waals surface area contributed by atoms with Gasteiger partial charge in [-0.15, -0.1) is 0 Å². The van der Waals surface area contributed by atoms with E-state index in [1.54, 1.807) is 48.1 Å². The molecular formula is C15H21N3O4. The van der Waals surface area contributed by atoms with Crippen molar-refractivity contribution < 1.29 is 19.1 Å². The minimum atomic E-state index is -0.322. The number of nitrogens with one attached hydrogen (secondary N) is 1. The lowest BCUT2D eigenvalue weighted by atomic mass is 10.3. The van der Waals surface area contributed by atoms with Crippen molar-refractivity contribution in [3.8, 4) is 5.75 Å². The van der Waals surface area contributed by atoms with E-state index in [1.807, 2.05) is 0 Å². The molecule has 1 fully saturated rings. The molecule has 1 heterocycles. The Bertz CT molecular complexity index is 510. The van der Waals surface area contributed by atoms with Crippen LogP contribution in [0.3, 0.4) is 0 Å². The zero-order valence-corrected chi connectivity index (χ0v) is 12.9. The van der Waals surface area contributed by atoms with E-state index in [4.69, 9.17) is 9.47 Å². The van der Waals surface area contributed by atoms with Crippen molar-refractivity contribution >= 4 is 17.8 Å². The number of hydrogen-bond donors (Lipinski definition) is 1. The number of anilines is 1. The van der Waals surface area contributed by atoms with Crippen LogP contribution in [-0.2, 0) is 4.74 Å². The molecule has 1 aromatic carbocycles. The van der Waals surface area contributed by atoms with E-state index in [9.17, 15) is 9.59 Å². The molecule has 0 aromatic heterocycles. The molecule has 2 rings (SSSR count). The molecule has 1 aromatic rings. The predicted molar refractivity (Wildman–Crippen MR) is 82.2 cm³/mol. The third-order valence-corrected chi connectivity index (χ3v) is 3.43. The van der Waals surface area contributed by atoms with Crippen LogP contribution in [0.4, 0.5) is 15.3 Å². The summed E-state index contributed by atoms with van der Waals surface area (Å²) in [6, 6.07) is 6.97. The standard InChI is InChI=1S/C15H21N3O4/c1-3-22-15(20)18-10-8-17(9-11-18)14(19)16-12-4-6-13(21-2)7-5-12/h4-7H,3,8-11H2,1-2H3,(H,16,19). The molecule has 0 atom stereocenters. The van der Waals surface area contributed by atoms with E-state index in [1.165, 1.54) is 0 Å². The van der Waals surface area contributed by atoms with Crippen molar-refractivity contribution in [3.05, 3.63) is 24.3 Å². The second kappa shape index (κ2) is 7.53. The lowest BCUT2D eigenvalue weighted by Crippen LogP contribution is -2.51. The number of nitrogens with zero attached hydrogens (tertiary/aromatic N) is 2. The Kier molecular flexibility index (Phi) is 5.46. The van der Waals surface area contributed by atoms with E-state index < -0.39 is 0 Å². The van der Waals surface area contributed by atoms with Crippen LogP contribution in [0.5, 0.6) is 5.75 Å². The van der Waals surface area contributed by atoms with Gasteiger partial charge in [0.15, 0.2) is 0 Å². The quantitative estimate of drug-likeness (QED) is 0.927. The van der Waals surface area contributed by atoms with E-state index >= 15 is 0 Å².